The number of carbonyl (C=O) groups is 1. The van der Waals surface area contributed by atoms with Crippen LogP contribution >= 0.6 is 11.6 Å². The number of sulfonamides is 1. The highest BCUT2D eigenvalue weighted by atomic mass is 35.5. The minimum absolute atomic E-state index is 0.133. The predicted molar refractivity (Wildman–Crippen MR) is 124 cm³/mol. The molecule has 162 valence electrons. The van der Waals surface area contributed by atoms with E-state index in [2.05, 4.69) is 10.0 Å². The third kappa shape index (κ3) is 5.37. The molecule has 0 atom stereocenters. The molecule has 3 aromatic rings. The second-order valence-electron chi connectivity index (χ2n) is 6.93. The van der Waals surface area contributed by atoms with Crippen molar-refractivity contribution in [3.63, 3.8) is 0 Å². The zero-order chi connectivity index (χ0) is 22.6. The highest BCUT2D eigenvalue weighted by Gasteiger charge is 2.22. The summed E-state index contributed by atoms with van der Waals surface area (Å²) in [5.41, 5.74) is 3.06. The lowest BCUT2D eigenvalue weighted by molar-refractivity contribution is 0.102. The molecule has 1 amide bonds. The third-order valence-corrected chi connectivity index (χ3v) is 6.42. The summed E-state index contributed by atoms with van der Waals surface area (Å²) in [6, 6.07) is 16.5. The molecule has 2 N–H and O–H groups in total. The fourth-order valence-corrected chi connectivity index (χ4v) is 4.40. The van der Waals surface area contributed by atoms with Gasteiger partial charge >= 0.3 is 0 Å². The van der Waals surface area contributed by atoms with Crippen LogP contribution in [0.25, 0.3) is 0 Å². The van der Waals surface area contributed by atoms with Crippen LogP contribution < -0.4 is 14.8 Å². The average Bonchev–Trinajstić information content (AvgIpc) is 2.76. The van der Waals surface area contributed by atoms with Crippen LogP contribution in [0.5, 0.6) is 5.75 Å². The number of methoxy groups -OCH3 is 1. The van der Waals surface area contributed by atoms with E-state index in [4.69, 9.17) is 16.3 Å². The quantitative estimate of drug-likeness (QED) is 0.505. The van der Waals surface area contributed by atoms with Crippen LogP contribution in [0.3, 0.4) is 0 Å². The Labute approximate surface area is 187 Å². The van der Waals surface area contributed by atoms with Crippen LogP contribution in [0.15, 0.2) is 65.6 Å². The van der Waals surface area contributed by atoms with Crippen molar-refractivity contribution >= 4 is 38.9 Å². The lowest BCUT2D eigenvalue weighted by Crippen LogP contribution is -2.17. The first-order chi connectivity index (χ1) is 14.7. The van der Waals surface area contributed by atoms with E-state index in [0.29, 0.717) is 16.4 Å². The molecule has 0 aliphatic rings. The van der Waals surface area contributed by atoms with E-state index in [-0.39, 0.29) is 16.2 Å². The number of anilines is 2. The molecule has 0 aliphatic carbocycles. The number of aryl methyl sites for hydroxylation is 2. The van der Waals surface area contributed by atoms with Gasteiger partial charge in [-0.25, -0.2) is 8.42 Å². The van der Waals surface area contributed by atoms with E-state index in [1.807, 2.05) is 26.0 Å². The smallest absolute Gasteiger partial charge is 0.265 e. The summed E-state index contributed by atoms with van der Waals surface area (Å²) < 4.78 is 33.8. The Morgan fingerprint density at radius 3 is 2.39 bits per heavy atom. The molecule has 31 heavy (non-hydrogen) atoms. The molecule has 0 spiro atoms. The minimum atomic E-state index is -4.00. The fourth-order valence-electron chi connectivity index (χ4n) is 2.97. The molecule has 3 rings (SSSR count). The Hall–Kier alpha value is -3.03. The number of rotatable bonds is 7. The lowest BCUT2D eigenvalue weighted by atomic mass is 10.1. The first-order valence-corrected chi connectivity index (χ1v) is 11.5. The Kier molecular flexibility index (Phi) is 6.87. The first-order valence-electron chi connectivity index (χ1n) is 9.61. The van der Waals surface area contributed by atoms with Gasteiger partial charge in [0, 0.05) is 22.0 Å². The molecular weight excluding hydrogens is 436 g/mol. The second kappa shape index (κ2) is 9.41. The molecule has 0 radical (unpaired) electrons. The highest BCUT2D eigenvalue weighted by Crippen LogP contribution is 2.28. The molecule has 6 nitrogen and oxygen atoms in total. The van der Waals surface area contributed by atoms with Gasteiger partial charge in [-0.05, 0) is 66.9 Å². The Morgan fingerprint density at radius 1 is 1.03 bits per heavy atom. The molecule has 8 heteroatoms. The molecule has 0 unspecified atom stereocenters. The molecule has 0 saturated carbocycles. The van der Waals surface area contributed by atoms with E-state index >= 15 is 0 Å². The maximum Gasteiger partial charge on any atom is 0.265 e. The van der Waals surface area contributed by atoms with Gasteiger partial charge in [0.2, 0.25) is 0 Å². The summed E-state index contributed by atoms with van der Waals surface area (Å²) in [6.45, 7) is 3.86. The number of hydrogen-bond donors (Lipinski definition) is 2. The van der Waals surface area contributed by atoms with Crippen LogP contribution in [0.1, 0.15) is 28.4 Å². The van der Waals surface area contributed by atoms with Crippen LogP contribution in [0.2, 0.25) is 5.02 Å². The van der Waals surface area contributed by atoms with Crippen LogP contribution in [0, 0.1) is 6.92 Å². The van der Waals surface area contributed by atoms with E-state index < -0.39 is 15.9 Å². The third-order valence-electron chi connectivity index (χ3n) is 4.78. The van der Waals surface area contributed by atoms with Crippen molar-refractivity contribution in [3.05, 3.63) is 82.4 Å². The maximum atomic E-state index is 13.0. The van der Waals surface area contributed by atoms with Crippen LogP contribution in [0.4, 0.5) is 11.4 Å². The van der Waals surface area contributed by atoms with Crippen molar-refractivity contribution in [1.82, 2.24) is 0 Å². The van der Waals surface area contributed by atoms with E-state index in [1.165, 1.54) is 25.3 Å². The maximum absolute atomic E-state index is 13.0. The van der Waals surface area contributed by atoms with E-state index in [9.17, 15) is 13.2 Å². The monoisotopic (exact) mass is 458 g/mol. The number of halogens is 1. The van der Waals surface area contributed by atoms with Gasteiger partial charge in [0.25, 0.3) is 15.9 Å². The number of carbonyl (C=O) groups excluding carboxylic acids is 1. The summed E-state index contributed by atoms with van der Waals surface area (Å²) in [6.07, 6.45) is 0.851. The van der Waals surface area contributed by atoms with Gasteiger partial charge in [-0.3, -0.25) is 9.52 Å². The van der Waals surface area contributed by atoms with Crippen LogP contribution in [-0.2, 0) is 16.4 Å². The lowest BCUT2D eigenvalue weighted by Gasteiger charge is -2.14. The molecule has 0 bridgehead atoms. The summed E-state index contributed by atoms with van der Waals surface area (Å²) in [7, 11) is -2.62. The van der Waals surface area contributed by atoms with Crippen molar-refractivity contribution in [1.29, 1.82) is 0 Å². The van der Waals surface area contributed by atoms with E-state index in [1.54, 1.807) is 30.3 Å². The number of hydrogen-bond acceptors (Lipinski definition) is 4. The van der Waals surface area contributed by atoms with Gasteiger partial charge in [0.05, 0.1) is 7.11 Å². The standard InChI is InChI=1S/C23H23ClN2O4S/c1-4-16-6-10-19(11-7-16)26-31(28,29)22-13-17(8-12-21(22)30-3)23(27)25-20-14-18(24)9-5-15(20)2/h5-14,26H,4H2,1-3H3,(H,25,27). The Bertz CT molecular complexity index is 1210. The molecule has 0 saturated heterocycles. The fraction of sp³-hybridized carbons (Fsp3) is 0.174. The summed E-state index contributed by atoms with van der Waals surface area (Å²) in [4.78, 5) is 12.6. The SMILES string of the molecule is CCc1ccc(NS(=O)(=O)c2cc(C(=O)Nc3cc(Cl)ccc3C)ccc2OC)cc1. The van der Waals surface area contributed by atoms with Crippen molar-refractivity contribution in [2.75, 3.05) is 17.1 Å². The number of benzene rings is 3. The van der Waals surface area contributed by atoms with Gasteiger partial charge < -0.3 is 10.1 Å². The van der Waals surface area contributed by atoms with Gasteiger partial charge in [-0.1, -0.05) is 36.7 Å². The van der Waals surface area contributed by atoms with Crippen molar-refractivity contribution < 1.29 is 17.9 Å². The second-order valence-corrected chi connectivity index (χ2v) is 9.02. The average molecular weight is 459 g/mol. The molecule has 0 aliphatic heterocycles. The summed E-state index contributed by atoms with van der Waals surface area (Å²) in [5.74, 6) is -0.329. The molecular formula is C23H23ClN2O4S. The molecule has 0 fully saturated rings. The normalized spacial score (nSPS) is 11.1. The largest absolute Gasteiger partial charge is 0.495 e. The summed E-state index contributed by atoms with van der Waals surface area (Å²) >= 11 is 6.01. The zero-order valence-electron chi connectivity index (χ0n) is 17.4. The molecule has 0 aromatic heterocycles. The summed E-state index contributed by atoms with van der Waals surface area (Å²) in [5, 5.41) is 3.25. The van der Waals surface area contributed by atoms with Gasteiger partial charge in [-0.2, -0.15) is 0 Å². The zero-order valence-corrected chi connectivity index (χ0v) is 19.0. The van der Waals surface area contributed by atoms with Crippen molar-refractivity contribution in [3.8, 4) is 5.75 Å². The highest BCUT2D eigenvalue weighted by molar-refractivity contribution is 7.92. The Morgan fingerprint density at radius 2 is 1.74 bits per heavy atom. The van der Waals surface area contributed by atoms with Crippen molar-refractivity contribution in [2.45, 2.75) is 25.2 Å². The topological polar surface area (TPSA) is 84.5 Å². The molecule has 0 heterocycles. The number of nitrogens with one attached hydrogen (secondary N) is 2. The van der Waals surface area contributed by atoms with E-state index in [0.717, 1.165) is 17.5 Å². The predicted octanol–water partition coefficient (Wildman–Crippen LogP) is 5.27. The van der Waals surface area contributed by atoms with Gasteiger partial charge in [-0.15, -0.1) is 0 Å². The van der Waals surface area contributed by atoms with Crippen LogP contribution in [-0.4, -0.2) is 21.4 Å². The Balaban J connectivity index is 1.91. The first kappa shape index (κ1) is 22.7. The van der Waals surface area contributed by atoms with Gasteiger partial charge in [0.15, 0.2) is 0 Å². The van der Waals surface area contributed by atoms with Crippen molar-refractivity contribution in [2.24, 2.45) is 0 Å². The van der Waals surface area contributed by atoms with Gasteiger partial charge in [0.1, 0.15) is 10.6 Å². The number of ether oxygens (including phenoxy) is 1. The minimum Gasteiger partial charge on any atom is -0.495 e. The number of amides is 1. The molecule has 3 aromatic carbocycles.